The van der Waals surface area contributed by atoms with E-state index in [1.54, 1.807) is 18.2 Å². The van der Waals surface area contributed by atoms with Gasteiger partial charge in [0.1, 0.15) is 11.6 Å². The van der Waals surface area contributed by atoms with Gasteiger partial charge in [-0.05, 0) is 49.2 Å². The fourth-order valence-electron chi connectivity index (χ4n) is 3.82. The molecule has 2 amide bonds. The van der Waals surface area contributed by atoms with Crippen molar-refractivity contribution in [1.82, 2.24) is 0 Å². The molecule has 144 valence electrons. The molecule has 0 aliphatic carbocycles. The molecule has 2 aromatic rings. The summed E-state index contributed by atoms with van der Waals surface area (Å²) >= 11 is 0. The maximum absolute atomic E-state index is 13.2. The second kappa shape index (κ2) is 6.67. The average molecular weight is 380 g/mol. The normalized spacial score (nSPS) is 20.7. The van der Waals surface area contributed by atoms with E-state index < -0.39 is 17.9 Å². The van der Waals surface area contributed by atoms with Crippen LogP contribution in [-0.2, 0) is 14.4 Å². The Bertz CT molecular complexity index is 994. The van der Waals surface area contributed by atoms with Crippen molar-refractivity contribution in [3.8, 4) is 11.5 Å². The molecule has 0 bridgehead atoms. The summed E-state index contributed by atoms with van der Waals surface area (Å²) in [4.78, 5) is 32.7. The van der Waals surface area contributed by atoms with Crippen molar-refractivity contribution >= 4 is 23.2 Å². The molecule has 4 rings (SSSR count). The third kappa shape index (κ3) is 2.62. The number of fused-ring (bicyclic) bond motifs is 1. The summed E-state index contributed by atoms with van der Waals surface area (Å²) in [5, 5.41) is 4.05. The van der Waals surface area contributed by atoms with Gasteiger partial charge in [-0.2, -0.15) is 0 Å². The maximum atomic E-state index is 13.2. The Morgan fingerprint density at radius 3 is 2.36 bits per heavy atom. The van der Waals surface area contributed by atoms with E-state index in [0.29, 0.717) is 28.5 Å². The molecule has 0 saturated carbocycles. The zero-order chi connectivity index (χ0) is 20.0. The van der Waals surface area contributed by atoms with E-state index in [1.807, 2.05) is 32.0 Å². The molecule has 2 aliphatic rings. The lowest BCUT2D eigenvalue weighted by molar-refractivity contribution is -0.126. The molecule has 1 fully saturated rings. The lowest BCUT2D eigenvalue weighted by Crippen LogP contribution is -2.33. The van der Waals surface area contributed by atoms with Gasteiger partial charge < -0.3 is 14.3 Å². The van der Waals surface area contributed by atoms with Crippen LogP contribution in [0.3, 0.4) is 0 Å². The largest absolute Gasteiger partial charge is 0.493 e. The van der Waals surface area contributed by atoms with Crippen molar-refractivity contribution in [2.75, 3.05) is 19.1 Å². The van der Waals surface area contributed by atoms with Crippen LogP contribution in [0.15, 0.2) is 41.6 Å². The van der Waals surface area contributed by atoms with Crippen LogP contribution in [-0.4, -0.2) is 37.8 Å². The molecule has 7 nitrogen and oxygen atoms in total. The molecular formula is C21H20N2O5. The molecule has 7 heteroatoms. The van der Waals surface area contributed by atoms with Crippen LogP contribution in [0.4, 0.5) is 5.69 Å². The lowest BCUT2D eigenvalue weighted by atomic mass is 9.93. The number of hydrogen-bond acceptors (Lipinski definition) is 6. The van der Waals surface area contributed by atoms with Crippen LogP contribution in [0, 0.1) is 19.8 Å². The Morgan fingerprint density at radius 1 is 1.00 bits per heavy atom. The molecule has 0 radical (unpaired) electrons. The predicted octanol–water partition coefficient (Wildman–Crippen LogP) is 2.61. The fourth-order valence-corrected chi connectivity index (χ4v) is 3.82. The van der Waals surface area contributed by atoms with E-state index >= 15 is 0 Å². The predicted molar refractivity (Wildman–Crippen MR) is 103 cm³/mol. The highest BCUT2D eigenvalue weighted by molar-refractivity contribution is 6.32. The van der Waals surface area contributed by atoms with Crippen LogP contribution in [0.1, 0.15) is 16.7 Å². The number of nitrogens with zero attached hydrogens (tertiary/aromatic N) is 2. The van der Waals surface area contributed by atoms with Crippen LogP contribution in [0.5, 0.6) is 11.5 Å². The van der Waals surface area contributed by atoms with Crippen molar-refractivity contribution in [1.29, 1.82) is 0 Å². The third-order valence-electron chi connectivity index (χ3n) is 4.96. The summed E-state index contributed by atoms with van der Waals surface area (Å²) in [5.41, 5.74) is 3.42. The number of rotatable bonds is 4. The number of carbonyl (C=O) groups excluding carboxylic acids is 2. The number of oxime groups is 1. The Kier molecular flexibility index (Phi) is 4.30. The molecule has 2 heterocycles. The molecule has 2 aliphatic heterocycles. The second-order valence-electron chi connectivity index (χ2n) is 6.88. The molecule has 0 aromatic heterocycles. The summed E-state index contributed by atoms with van der Waals surface area (Å²) in [6.45, 7) is 3.85. The third-order valence-corrected chi connectivity index (χ3v) is 4.96. The number of hydrogen-bond donors (Lipinski definition) is 0. The Hall–Kier alpha value is -3.35. The first-order chi connectivity index (χ1) is 13.5. The Balaban J connectivity index is 1.76. The van der Waals surface area contributed by atoms with Gasteiger partial charge >= 0.3 is 0 Å². The molecular weight excluding hydrogens is 360 g/mol. The Morgan fingerprint density at radius 2 is 1.71 bits per heavy atom. The van der Waals surface area contributed by atoms with Crippen molar-refractivity contribution < 1.29 is 23.9 Å². The molecule has 1 saturated heterocycles. The molecule has 28 heavy (non-hydrogen) atoms. The van der Waals surface area contributed by atoms with Gasteiger partial charge in [0.15, 0.2) is 11.5 Å². The molecule has 2 atom stereocenters. The zero-order valence-electron chi connectivity index (χ0n) is 16.1. The maximum Gasteiger partial charge on any atom is 0.278 e. The summed E-state index contributed by atoms with van der Waals surface area (Å²) in [6.07, 6.45) is -0.973. The minimum Gasteiger partial charge on any atom is -0.493 e. The zero-order valence-corrected chi connectivity index (χ0v) is 16.1. The molecule has 0 N–H and O–H groups in total. The topological polar surface area (TPSA) is 77.4 Å². The first-order valence-electron chi connectivity index (χ1n) is 8.87. The Labute approximate surface area is 162 Å². The fraction of sp³-hybridized carbons (Fsp3) is 0.286. The van der Waals surface area contributed by atoms with E-state index in [0.717, 1.165) is 11.1 Å². The molecule has 0 spiro atoms. The number of anilines is 1. The highest BCUT2D eigenvalue weighted by Crippen LogP contribution is 2.40. The van der Waals surface area contributed by atoms with Gasteiger partial charge in [0.2, 0.25) is 12.0 Å². The quantitative estimate of drug-likeness (QED) is 0.762. The van der Waals surface area contributed by atoms with Gasteiger partial charge in [0.05, 0.1) is 19.9 Å². The van der Waals surface area contributed by atoms with Gasteiger partial charge in [-0.25, -0.2) is 4.90 Å². The summed E-state index contributed by atoms with van der Waals surface area (Å²) in [7, 11) is 3.04. The first-order valence-corrected chi connectivity index (χ1v) is 8.87. The van der Waals surface area contributed by atoms with Crippen LogP contribution in [0.25, 0.3) is 0 Å². The van der Waals surface area contributed by atoms with Crippen LogP contribution < -0.4 is 14.4 Å². The smallest absolute Gasteiger partial charge is 0.278 e. The highest BCUT2D eigenvalue weighted by Gasteiger charge is 2.56. The van der Waals surface area contributed by atoms with Crippen molar-refractivity contribution in [3.05, 3.63) is 53.1 Å². The summed E-state index contributed by atoms with van der Waals surface area (Å²) in [6, 6.07) is 10.9. The van der Waals surface area contributed by atoms with Gasteiger partial charge in [-0.3, -0.25) is 9.59 Å². The number of methoxy groups -OCH3 is 2. The number of amides is 2. The van der Waals surface area contributed by atoms with Gasteiger partial charge in [-0.15, -0.1) is 0 Å². The SMILES string of the molecule is COc1cccc(C2=NO[C@@H]3C(=O)N(c4cc(C)cc(C)c4)C(=O)[C@@H]23)c1OC. The van der Waals surface area contributed by atoms with Gasteiger partial charge in [0.25, 0.3) is 5.91 Å². The van der Waals surface area contributed by atoms with Gasteiger partial charge in [-0.1, -0.05) is 17.3 Å². The minimum atomic E-state index is -0.973. The van der Waals surface area contributed by atoms with E-state index in [-0.39, 0.29) is 5.91 Å². The highest BCUT2D eigenvalue weighted by atomic mass is 16.7. The minimum absolute atomic E-state index is 0.360. The lowest BCUT2D eigenvalue weighted by Gasteiger charge is -2.17. The first kappa shape index (κ1) is 18.0. The van der Waals surface area contributed by atoms with Gasteiger partial charge in [0, 0.05) is 5.56 Å². The van der Waals surface area contributed by atoms with E-state index in [4.69, 9.17) is 14.3 Å². The van der Waals surface area contributed by atoms with E-state index in [2.05, 4.69) is 5.16 Å². The average Bonchev–Trinajstić information content (AvgIpc) is 3.20. The van der Waals surface area contributed by atoms with Crippen LogP contribution in [0.2, 0.25) is 0 Å². The van der Waals surface area contributed by atoms with E-state index in [1.165, 1.54) is 19.1 Å². The molecule has 2 aromatic carbocycles. The monoisotopic (exact) mass is 380 g/mol. The standard InChI is InChI=1S/C21H20N2O5/c1-11-8-12(2)10-13(9-11)23-20(24)16-17(22-28-19(16)21(23)25)14-6-5-7-15(26-3)18(14)27-4/h5-10,16,19H,1-4H3/t16-,19-/m0/s1. The van der Waals surface area contributed by atoms with Crippen molar-refractivity contribution in [2.45, 2.75) is 20.0 Å². The number of para-hydroxylation sites is 1. The number of benzene rings is 2. The van der Waals surface area contributed by atoms with Crippen LogP contribution >= 0.6 is 0 Å². The number of aryl methyl sites for hydroxylation is 2. The van der Waals surface area contributed by atoms with Crippen molar-refractivity contribution in [3.63, 3.8) is 0 Å². The summed E-state index contributed by atoms with van der Waals surface area (Å²) < 4.78 is 10.8. The number of imide groups is 1. The number of carbonyl (C=O) groups is 2. The summed E-state index contributed by atoms with van der Waals surface area (Å²) in [5.74, 6) is -0.650. The molecule has 0 unspecified atom stereocenters. The van der Waals surface area contributed by atoms with E-state index in [9.17, 15) is 9.59 Å². The number of ether oxygens (including phenoxy) is 2. The second-order valence-corrected chi connectivity index (χ2v) is 6.88. The van der Waals surface area contributed by atoms with Crippen molar-refractivity contribution in [2.24, 2.45) is 11.1 Å².